The van der Waals surface area contributed by atoms with Crippen LogP contribution in [0.5, 0.6) is 11.5 Å². The van der Waals surface area contributed by atoms with Gasteiger partial charge in [0.25, 0.3) is 0 Å². The molecular weight excluding hydrogens is 600 g/mol. The summed E-state index contributed by atoms with van der Waals surface area (Å²) in [5, 5.41) is 84.4. The lowest BCUT2D eigenvalue weighted by Gasteiger charge is -2.25. The number of carbonyl (C=O) groups excluding carboxylic acids is 2. The van der Waals surface area contributed by atoms with Crippen LogP contribution in [-0.4, -0.2) is 128 Å². The molecule has 246 valence electrons. The monoisotopic (exact) mass is 636 g/mol. The maximum absolute atomic E-state index is 13.4. The van der Waals surface area contributed by atoms with Gasteiger partial charge in [0.1, 0.15) is 11.5 Å². The number of phenols is 2. The van der Waals surface area contributed by atoms with Gasteiger partial charge >= 0.3 is 17.9 Å². The fourth-order valence-corrected chi connectivity index (χ4v) is 4.35. The van der Waals surface area contributed by atoms with Gasteiger partial charge in [-0.1, -0.05) is 0 Å². The van der Waals surface area contributed by atoms with Crippen molar-refractivity contribution in [3.63, 3.8) is 0 Å². The minimum atomic E-state index is -2.74. The molecule has 0 amide bonds. The molecule has 17 heteroatoms. The Morgan fingerprint density at radius 2 is 0.978 bits per heavy atom. The van der Waals surface area contributed by atoms with Crippen LogP contribution in [0.1, 0.15) is 44.7 Å². The zero-order valence-electron chi connectivity index (χ0n) is 24.0. The first-order chi connectivity index (χ1) is 21.3. The minimum Gasteiger partial charge on any atom is -0.507 e. The van der Waals surface area contributed by atoms with Crippen molar-refractivity contribution < 1.29 is 64.8 Å². The number of ketones is 2. The first-order valence-corrected chi connectivity index (χ1v) is 13.6. The van der Waals surface area contributed by atoms with E-state index in [-0.39, 0.29) is 47.0 Å². The second-order valence-electron chi connectivity index (χ2n) is 9.70. The molecule has 0 fully saturated rings. The molecule has 45 heavy (non-hydrogen) atoms. The normalized spacial score (nSPS) is 12.0. The summed E-state index contributed by atoms with van der Waals surface area (Å²) in [6, 6.07) is 5.74. The van der Waals surface area contributed by atoms with Crippen LogP contribution in [0.3, 0.4) is 0 Å². The van der Waals surface area contributed by atoms with Crippen LogP contribution in [0.4, 0.5) is 11.4 Å². The van der Waals surface area contributed by atoms with Crippen LogP contribution in [0.25, 0.3) is 0 Å². The number of carbonyl (C=O) groups is 5. The van der Waals surface area contributed by atoms with Crippen molar-refractivity contribution in [2.45, 2.75) is 18.4 Å². The zero-order chi connectivity index (χ0) is 33.7. The van der Waals surface area contributed by atoms with Crippen molar-refractivity contribution >= 4 is 40.8 Å². The Kier molecular flexibility index (Phi) is 13.6. The summed E-state index contributed by atoms with van der Waals surface area (Å²) in [7, 11) is 0. The molecule has 0 radical (unpaired) electrons. The average Bonchev–Trinajstić information content (AvgIpc) is 2.96. The number of rotatable bonds is 17. The van der Waals surface area contributed by atoms with Crippen LogP contribution in [0.15, 0.2) is 24.3 Å². The fraction of sp³-hybridized carbons (Fsp3) is 0.393. The topological polar surface area (TPSA) is 295 Å². The summed E-state index contributed by atoms with van der Waals surface area (Å²) in [5.74, 6) is -6.88. The van der Waals surface area contributed by atoms with Crippen LogP contribution in [0, 0.1) is 0 Å². The highest BCUT2D eigenvalue weighted by atomic mass is 16.4. The van der Waals surface area contributed by atoms with Gasteiger partial charge in [0, 0.05) is 50.6 Å². The Labute approximate surface area is 256 Å². The Morgan fingerprint density at radius 1 is 0.600 bits per heavy atom. The van der Waals surface area contributed by atoms with Gasteiger partial charge in [-0.25, -0.2) is 4.79 Å². The molecule has 1 aliphatic carbocycles. The van der Waals surface area contributed by atoms with Crippen LogP contribution >= 0.6 is 0 Å². The highest BCUT2D eigenvalue weighted by molar-refractivity contribution is 6.33. The maximum Gasteiger partial charge on any atom is 0.336 e. The lowest BCUT2D eigenvalue weighted by molar-refractivity contribution is -0.170. The third kappa shape index (κ3) is 9.59. The van der Waals surface area contributed by atoms with E-state index in [1.54, 1.807) is 12.1 Å². The molecule has 0 atom stereocenters. The molecule has 2 aromatic rings. The van der Waals surface area contributed by atoms with Crippen molar-refractivity contribution in [1.82, 2.24) is 10.6 Å². The number of aliphatic hydroxyl groups is 3. The van der Waals surface area contributed by atoms with Gasteiger partial charge < -0.3 is 62.1 Å². The zero-order valence-corrected chi connectivity index (χ0v) is 24.0. The number of aliphatic hydroxyl groups excluding tert-OH is 2. The molecular formula is C28H36N4O13. The largest absolute Gasteiger partial charge is 0.507 e. The number of carboxylic acid groups (broad SMARTS) is 3. The molecule has 0 saturated carbocycles. The third-order valence-corrected chi connectivity index (χ3v) is 6.37. The van der Waals surface area contributed by atoms with Crippen molar-refractivity contribution in [2.24, 2.45) is 0 Å². The first-order valence-electron chi connectivity index (χ1n) is 13.6. The molecule has 0 heterocycles. The van der Waals surface area contributed by atoms with E-state index in [0.717, 1.165) is 0 Å². The molecule has 0 bridgehead atoms. The number of aromatic hydroxyl groups is 2. The number of anilines is 2. The van der Waals surface area contributed by atoms with Gasteiger partial charge in [-0.3, -0.25) is 19.2 Å². The van der Waals surface area contributed by atoms with E-state index in [1.807, 2.05) is 0 Å². The second kappa shape index (κ2) is 16.9. The molecule has 2 aromatic carbocycles. The van der Waals surface area contributed by atoms with E-state index in [1.165, 1.54) is 12.1 Å². The van der Waals surface area contributed by atoms with Gasteiger partial charge in [-0.15, -0.1) is 0 Å². The van der Waals surface area contributed by atoms with E-state index in [2.05, 4.69) is 21.3 Å². The molecule has 0 unspecified atom stereocenters. The number of hydrogen-bond acceptors (Lipinski definition) is 14. The molecule has 0 aromatic heterocycles. The third-order valence-electron chi connectivity index (χ3n) is 6.37. The van der Waals surface area contributed by atoms with Gasteiger partial charge in [0.2, 0.25) is 11.6 Å². The van der Waals surface area contributed by atoms with Crippen molar-refractivity contribution in [3.8, 4) is 11.5 Å². The van der Waals surface area contributed by atoms with Gasteiger partial charge in [-0.05, 0) is 24.3 Å². The Bertz CT molecular complexity index is 1320. The summed E-state index contributed by atoms with van der Waals surface area (Å²) >= 11 is 0. The Balaban J connectivity index is 0.000000459. The second-order valence-corrected chi connectivity index (χ2v) is 9.70. The van der Waals surface area contributed by atoms with E-state index in [0.29, 0.717) is 50.6 Å². The Hall–Kier alpha value is -4.81. The Morgan fingerprint density at radius 3 is 1.29 bits per heavy atom. The average molecular weight is 637 g/mol. The molecule has 0 aliphatic heterocycles. The first kappa shape index (κ1) is 36.4. The summed E-state index contributed by atoms with van der Waals surface area (Å²) in [6.07, 6.45) is -2.29. The number of fused-ring (bicyclic) bond motifs is 2. The van der Waals surface area contributed by atoms with E-state index in [9.17, 15) is 34.2 Å². The number of carboxylic acids is 3. The van der Waals surface area contributed by atoms with Crippen LogP contribution < -0.4 is 21.3 Å². The SMILES string of the molecule is O=C(O)CC(O)(CC(=O)O)C(=O)O.O=C1c2c(O)ccc(O)c2C(=O)c2c(NCCNCCO)ccc(NCCNCCO)c21. The number of aliphatic carboxylic acids is 3. The van der Waals surface area contributed by atoms with Gasteiger partial charge in [0.15, 0.2) is 5.60 Å². The summed E-state index contributed by atoms with van der Waals surface area (Å²) in [4.78, 5) is 57.2. The molecule has 0 saturated heterocycles. The van der Waals surface area contributed by atoms with Crippen molar-refractivity contribution in [1.29, 1.82) is 0 Å². The molecule has 12 N–H and O–H groups in total. The quantitative estimate of drug-likeness (QED) is 0.0599. The maximum atomic E-state index is 13.4. The van der Waals surface area contributed by atoms with Crippen LogP contribution in [0.2, 0.25) is 0 Å². The molecule has 17 nitrogen and oxygen atoms in total. The number of nitrogens with one attached hydrogen (secondary N) is 4. The van der Waals surface area contributed by atoms with E-state index < -0.39 is 47.9 Å². The minimum absolute atomic E-state index is 0.00939. The summed E-state index contributed by atoms with van der Waals surface area (Å²) in [6.45, 7) is 2.81. The summed E-state index contributed by atoms with van der Waals surface area (Å²) in [5.41, 5.74) is -2.06. The van der Waals surface area contributed by atoms with Gasteiger partial charge in [-0.2, -0.15) is 0 Å². The van der Waals surface area contributed by atoms with E-state index >= 15 is 0 Å². The highest BCUT2D eigenvalue weighted by Crippen LogP contribution is 2.42. The lowest BCUT2D eigenvalue weighted by Crippen LogP contribution is -2.42. The standard InChI is InChI=1S/C22H28N4O6.C6H8O7/c27-11-9-23-5-7-25-13-1-2-14(26-8-6-24-10-12-28)18-17(13)21(31)19-15(29)3-4-16(30)20(19)22(18)32;7-3(8)1-6(13,5(11)12)2-4(9)10/h1-4,23-30H,5-12H2;13H,1-2H2,(H,7,8)(H,9,10)(H,11,12). The fourth-order valence-electron chi connectivity index (χ4n) is 4.35. The molecule has 0 spiro atoms. The lowest BCUT2D eigenvalue weighted by atomic mass is 9.81. The van der Waals surface area contributed by atoms with Crippen molar-refractivity contribution in [3.05, 3.63) is 46.5 Å². The van der Waals surface area contributed by atoms with Crippen LogP contribution in [-0.2, 0) is 14.4 Å². The molecule has 3 rings (SSSR count). The summed E-state index contributed by atoms with van der Waals surface area (Å²) < 4.78 is 0. The van der Waals surface area contributed by atoms with Gasteiger partial charge in [0.05, 0.1) is 48.3 Å². The van der Waals surface area contributed by atoms with Crippen molar-refractivity contribution in [2.75, 3.05) is 63.1 Å². The number of benzene rings is 2. The molecule has 1 aliphatic rings. The number of phenolic OH excluding ortho intramolecular Hbond substituents is 2. The predicted octanol–water partition coefficient (Wildman–Crippen LogP) is -1.39. The highest BCUT2D eigenvalue weighted by Gasteiger charge is 2.41. The number of hydrogen-bond donors (Lipinski definition) is 12. The smallest absolute Gasteiger partial charge is 0.336 e. The van der Waals surface area contributed by atoms with E-state index in [4.69, 9.17) is 30.6 Å². The predicted molar refractivity (Wildman–Crippen MR) is 157 cm³/mol.